The number of anilines is 1. The lowest BCUT2D eigenvalue weighted by molar-refractivity contribution is 0.382. The molecule has 18 heavy (non-hydrogen) atoms. The second-order valence-corrected chi connectivity index (χ2v) is 5.84. The van der Waals surface area contributed by atoms with Crippen molar-refractivity contribution in [2.45, 2.75) is 25.7 Å². The molecule has 0 spiro atoms. The maximum absolute atomic E-state index is 3.64. The Morgan fingerprint density at radius 2 is 1.61 bits per heavy atom. The Balaban J connectivity index is 1.30. The van der Waals surface area contributed by atoms with Gasteiger partial charge in [-0.3, -0.25) is 0 Å². The van der Waals surface area contributed by atoms with Gasteiger partial charge in [0.05, 0.1) is 0 Å². The topological polar surface area (TPSA) is 24.1 Å². The van der Waals surface area contributed by atoms with Gasteiger partial charge in [0, 0.05) is 18.8 Å². The molecule has 2 aliphatic carbocycles. The van der Waals surface area contributed by atoms with Crippen LogP contribution in [0.5, 0.6) is 0 Å². The van der Waals surface area contributed by atoms with E-state index in [1.807, 2.05) is 0 Å². The number of para-hydroxylation sites is 1. The summed E-state index contributed by atoms with van der Waals surface area (Å²) >= 11 is 0. The summed E-state index contributed by atoms with van der Waals surface area (Å²) in [6.07, 6.45) is 5.96. The quantitative estimate of drug-likeness (QED) is 0.687. The molecule has 0 atom stereocenters. The minimum atomic E-state index is 0.988. The van der Waals surface area contributed by atoms with Gasteiger partial charge in [-0.05, 0) is 62.1 Å². The van der Waals surface area contributed by atoms with Crippen molar-refractivity contribution in [3.63, 3.8) is 0 Å². The largest absolute Gasteiger partial charge is 0.384 e. The lowest BCUT2D eigenvalue weighted by Crippen LogP contribution is -2.29. The standard InChI is InChI=1S/C16H24N2/c1-2-4-15(5-3-1)18-11-10-17-12-16(13-6-7-13)14-8-9-14/h1-5,13-14,16-18H,6-12H2. The second kappa shape index (κ2) is 5.75. The van der Waals surface area contributed by atoms with E-state index in [9.17, 15) is 0 Å². The van der Waals surface area contributed by atoms with Crippen molar-refractivity contribution < 1.29 is 0 Å². The Bertz CT molecular complexity index is 343. The van der Waals surface area contributed by atoms with Crippen molar-refractivity contribution in [3.8, 4) is 0 Å². The molecule has 3 rings (SSSR count). The first-order valence-corrected chi connectivity index (χ1v) is 7.43. The van der Waals surface area contributed by atoms with Crippen LogP contribution in [-0.2, 0) is 0 Å². The van der Waals surface area contributed by atoms with Crippen LogP contribution in [0.4, 0.5) is 5.69 Å². The summed E-state index contributed by atoms with van der Waals surface area (Å²) in [5.41, 5.74) is 1.22. The minimum Gasteiger partial charge on any atom is -0.384 e. The van der Waals surface area contributed by atoms with E-state index in [4.69, 9.17) is 0 Å². The van der Waals surface area contributed by atoms with Crippen molar-refractivity contribution in [3.05, 3.63) is 30.3 Å². The molecule has 2 nitrogen and oxygen atoms in total. The molecule has 0 saturated heterocycles. The van der Waals surface area contributed by atoms with Crippen LogP contribution in [0.3, 0.4) is 0 Å². The normalized spacial score (nSPS) is 19.2. The van der Waals surface area contributed by atoms with Gasteiger partial charge in [-0.25, -0.2) is 0 Å². The van der Waals surface area contributed by atoms with Gasteiger partial charge in [0.2, 0.25) is 0 Å². The highest BCUT2D eigenvalue weighted by Crippen LogP contribution is 2.48. The molecule has 0 aromatic heterocycles. The van der Waals surface area contributed by atoms with Crippen molar-refractivity contribution in [1.29, 1.82) is 0 Å². The zero-order valence-corrected chi connectivity index (χ0v) is 11.1. The molecular weight excluding hydrogens is 220 g/mol. The highest BCUT2D eigenvalue weighted by molar-refractivity contribution is 5.42. The third kappa shape index (κ3) is 3.49. The summed E-state index contributed by atoms with van der Waals surface area (Å²) < 4.78 is 0. The average Bonchev–Trinajstić information content (AvgIpc) is 3.29. The van der Waals surface area contributed by atoms with Crippen LogP contribution in [0.2, 0.25) is 0 Å². The van der Waals surface area contributed by atoms with Crippen molar-refractivity contribution in [1.82, 2.24) is 5.32 Å². The van der Waals surface area contributed by atoms with Crippen molar-refractivity contribution in [2.24, 2.45) is 17.8 Å². The third-order valence-corrected chi connectivity index (χ3v) is 4.24. The van der Waals surface area contributed by atoms with E-state index in [2.05, 4.69) is 41.0 Å². The van der Waals surface area contributed by atoms with Gasteiger partial charge in [-0.15, -0.1) is 0 Å². The zero-order valence-electron chi connectivity index (χ0n) is 11.1. The molecule has 98 valence electrons. The van der Waals surface area contributed by atoms with Crippen LogP contribution >= 0.6 is 0 Å². The molecule has 2 heteroatoms. The molecule has 0 unspecified atom stereocenters. The molecule has 2 saturated carbocycles. The fourth-order valence-electron chi connectivity index (χ4n) is 2.89. The van der Waals surface area contributed by atoms with Gasteiger partial charge in [-0.1, -0.05) is 18.2 Å². The molecular formula is C16H24N2. The summed E-state index contributed by atoms with van der Waals surface area (Å²) in [6, 6.07) is 10.5. The summed E-state index contributed by atoms with van der Waals surface area (Å²) in [5, 5.41) is 7.08. The summed E-state index contributed by atoms with van der Waals surface area (Å²) in [6.45, 7) is 3.34. The Kier molecular flexibility index (Phi) is 3.84. The van der Waals surface area contributed by atoms with E-state index in [0.29, 0.717) is 0 Å². The van der Waals surface area contributed by atoms with Crippen LogP contribution in [0, 0.1) is 17.8 Å². The van der Waals surface area contributed by atoms with Gasteiger partial charge < -0.3 is 10.6 Å². The fraction of sp³-hybridized carbons (Fsp3) is 0.625. The van der Waals surface area contributed by atoms with Gasteiger partial charge in [0.1, 0.15) is 0 Å². The third-order valence-electron chi connectivity index (χ3n) is 4.24. The number of rotatable bonds is 8. The first-order chi connectivity index (χ1) is 8.93. The Morgan fingerprint density at radius 1 is 0.944 bits per heavy atom. The van der Waals surface area contributed by atoms with Crippen LogP contribution in [0.25, 0.3) is 0 Å². The number of nitrogens with one attached hydrogen (secondary N) is 2. The maximum atomic E-state index is 3.64. The fourth-order valence-corrected chi connectivity index (χ4v) is 2.89. The number of benzene rings is 1. The summed E-state index contributed by atoms with van der Waals surface area (Å²) in [7, 11) is 0. The average molecular weight is 244 g/mol. The summed E-state index contributed by atoms with van der Waals surface area (Å²) in [4.78, 5) is 0. The van der Waals surface area contributed by atoms with Crippen LogP contribution in [0.15, 0.2) is 30.3 Å². The van der Waals surface area contributed by atoms with E-state index in [0.717, 1.165) is 30.8 Å². The SMILES string of the molecule is c1ccc(NCCNCC(C2CC2)C2CC2)cc1. The van der Waals surface area contributed by atoms with Crippen molar-refractivity contribution in [2.75, 3.05) is 25.0 Å². The van der Waals surface area contributed by atoms with Gasteiger partial charge in [0.15, 0.2) is 0 Å². The Labute approximate surface area is 110 Å². The van der Waals surface area contributed by atoms with E-state index in [1.165, 1.54) is 37.9 Å². The minimum absolute atomic E-state index is 0.988. The molecule has 0 heterocycles. The predicted molar refractivity (Wildman–Crippen MR) is 76.7 cm³/mol. The maximum Gasteiger partial charge on any atom is 0.0340 e. The van der Waals surface area contributed by atoms with Crippen molar-refractivity contribution >= 4 is 5.69 Å². The molecule has 0 amide bonds. The molecule has 0 radical (unpaired) electrons. The summed E-state index contributed by atoms with van der Waals surface area (Å²) in [5.74, 6) is 3.11. The molecule has 2 N–H and O–H groups in total. The van der Waals surface area contributed by atoms with Crippen LogP contribution in [-0.4, -0.2) is 19.6 Å². The van der Waals surface area contributed by atoms with Crippen LogP contribution in [0.1, 0.15) is 25.7 Å². The zero-order chi connectivity index (χ0) is 12.2. The molecule has 2 aliphatic rings. The highest BCUT2D eigenvalue weighted by Gasteiger charge is 2.40. The lowest BCUT2D eigenvalue weighted by atomic mass is 9.98. The smallest absolute Gasteiger partial charge is 0.0340 e. The molecule has 1 aromatic rings. The second-order valence-electron chi connectivity index (χ2n) is 5.84. The molecule has 0 bridgehead atoms. The lowest BCUT2D eigenvalue weighted by Gasteiger charge is -2.16. The predicted octanol–water partition coefficient (Wildman–Crippen LogP) is 3.12. The molecule has 1 aromatic carbocycles. The van der Waals surface area contributed by atoms with Gasteiger partial charge >= 0.3 is 0 Å². The van der Waals surface area contributed by atoms with Gasteiger partial charge in [0.25, 0.3) is 0 Å². The van der Waals surface area contributed by atoms with Crippen LogP contribution < -0.4 is 10.6 Å². The van der Waals surface area contributed by atoms with Gasteiger partial charge in [-0.2, -0.15) is 0 Å². The highest BCUT2D eigenvalue weighted by atomic mass is 14.9. The van der Waals surface area contributed by atoms with E-state index >= 15 is 0 Å². The molecule has 0 aliphatic heterocycles. The Morgan fingerprint density at radius 3 is 2.22 bits per heavy atom. The number of hydrogen-bond donors (Lipinski definition) is 2. The van der Waals surface area contributed by atoms with E-state index < -0.39 is 0 Å². The first-order valence-electron chi connectivity index (χ1n) is 7.43. The Hall–Kier alpha value is -1.02. The first kappa shape index (κ1) is 12.0. The van der Waals surface area contributed by atoms with E-state index in [-0.39, 0.29) is 0 Å². The number of hydrogen-bond acceptors (Lipinski definition) is 2. The van der Waals surface area contributed by atoms with E-state index in [1.54, 1.807) is 0 Å². The monoisotopic (exact) mass is 244 g/mol. The molecule has 2 fully saturated rings.